The molecule has 27 heavy (non-hydrogen) atoms. The second-order valence-corrected chi connectivity index (χ2v) is 6.60. The van der Waals surface area contributed by atoms with E-state index in [9.17, 15) is 14.4 Å². The first-order valence-electron chi connectivity index (χ1n) is 9.12. The molecule has 2 aliphatic heterocycles. The molecule has 0 radical (unpaired) electrons. The molecule has 3 rings (SSSR count). The number of aliphatic imine (C=N–C) groups is 1. The number of imide groups is 2. The van der Waals surface area contributed by atoms with E-state index in [-0.39, 0.29) is 0 Å². The second-order valence-electron chi connectivity index (χ2n) is 6.60. The van der Waals surface area contributed by atoms with Gasteiger partial charge in [0.1, 0.15) is 0 Å². The molecule has 1 N–H and O–H groups in total. The van der Waals surface area contributed by atoms with Gasteiger partial charge in [0.15, 0.2) is 5.92 Å². The van der Waals surface area contributed by atoms with Crippen LogP contribution in [0.5, 0.6) is 0 Å². The van der Waals surface area contributed by atoms with E-state index >= 15 is 0 Å². The van der Waals surface area contributed by atoms with Crippen molar-refractivity contribution in [3.05, 3.63) is 29.8 Å². The van der Waals surface area contributed by atoms with Gasteiger partial charge in [-0.2, -0.15) is 0 Å². The number of ether oxygens (including phenoxy) is 1. The maximum Gasteiger partial charge on any atom is 0.335 e. The molecule has 1 aromatic carbocycles. The fourth-order valence-corrected chi connectivity index (χ4v) is 3.15. The predicted molar refractivity (Wildman–Crippen MR) is 101 cm³/mol. The van der Waals surface area contributed by atoms with E-state index in [1.165, 1.54) is 6.21 Å². The van der Waals surface area contributed by atoms with Crippen molar-refractivity contribution in [1.29, 1.82) is 0 Å². The van der Waals surface area contributed by atoms with E-state index in [1.54, 1.807) is 25.1 Å². The number of urea groups is 1. The zero-order valence-electron chi connectivity index (χ0n) is 15.4. The van der Waals surface area contributed by atoms with Crippen LogP contribution in [0, 0.1) is 12.8 Å². The monoisotopic (exact) mass is 372 g/mol. The lowest BCUT2D eigenvalue weighted by atomic mass is 10.0. The van der Waals surface area contributed by atoms with E-state index in [0.717, 1.165) is 49.7 Å². The Hall–Kier alpha value is -2.58. The number of anilines is 1. The van der Waals surface area contributed by atoms with Crippen molar-refractivity contribution in [2.75, 3.05) is 44.3 Å². The van der Waals surface area contributed by atoms with Gasteiger partial charge in [-0.05, 0) is 25.0 Å². The molecule has 4 amide bonds. The fourth-order valence-electron chi connectivity index (χ4n) is 3.15. The number of benzene rings is 1. The Morgan fingerprint density at radius 3 is 2.70 bits per heavy atom. The molecule has 2 heterocycles. The molecular weight excluding hydrogens is 348 g/mol. The molecule has 0 bridgehead atoms. The Balaban J connectivity index is 1.60. The Morgan fingerprint density at radius 1 is 1.22 bits per heavy atom. The standard InChI is InChI=1S/C19H24N4O4/c1-14-5-2-3-6-16(14)23-18(25)15(17(24)21-19(23)26)13-20-7-4-8-22-9-11-27-12-10-22/h2-3,5-6,13,15H,4,7-12H2,1H3,(H,21,24,26)/t15-/m1/s1. The number of nitrogens with one attached hydrogen (secondary N) is 1. The molecule has 2 aliphatic rings. The summed E-state index contributed by atoms with van der Waals surface area (Å²) in [7, 11) is 0. The highest BCUT2D eigenvalue weighted by molar-refractivity contribution is 6.32. The summed E-state index contributed by atoms with van der Waals surface area (Å²) in [6, 6.07) is 6.33. The SMILES string of the molecule is Cc1ccccc1N1C(=O)NC(=O)[C@@H](C=NCCCN2CCOCC2)C1=O. The number of nitrogens with zero attached hydrogens (tertiary/aromatic N) is 3. The summed E-state index contributed by atoms with van der Waals surface area (Å²) in [5, 5.41) is 2.24. The van der Waals surface area contributed by atoms with Crippen molar-refractivity contribution in [2.45, 2.75) is 13.3 Å². The van der Waals surface area contributed by atoms with Gasteiger partial charge in [0.05, 0.1) is 18.9 Å². The van der Waals surface area contributed by atoms with Gasteiger partial charge >= 0.3 is 6.03 Å². The molecule has 2 fully saturated rings. The number of hydrogen-bond donors (Lipinski definition) is 1. The zero-order chi connectivity index (χ0) is 19.2. The summed E-state index contributed by atoms with van der Waals surface area (Å²) in [6.45, 7) is 6.57. The average Bonchev–Trinajstić information content (AvgIpc) is 2.66. The molecule has 0 spiro atoms. The van der Waals surface area contributed by atoms with Crippen molar-refractivity contribution in [2.24, 2.45) is 10.9 Å². The first-order chi connectivity index (χ1) is 13.1. The van der Waals surface area contributed by atoms with Crippen LogP contribution in [-0.4, -0.2) is 68.4 Å². The number of aryl methyl sites for hydroxylation is 1. The van der Waals surface area contributed by atoms with Gasteiger partial charge in [-0.1, -0.05) is 18.2 Å². The van der Waals surface area contributed by atoms with Crippen LogP contribution in [0.15, 0.2) is 29.3 Å². The topological polar surface area (TPSA) is 91.3 Å². The smallest absolute Gasteiger partial charge is 0.335 e. The minimum absolute atomic E-state index is 0.471. The van der Waals surface area contributed by atoms with E-state index in [1.807, 2.05) is 6.07 Å². The molecule has 0 saturated carbocycles. The molecule has 0 aliphatic carbocycles. The average molecular weight is 372 g/mol. The minimum atomic E-state index is -1.09. The number of morpholine rings is 1. The second kappa shape index (κ2) is 8.88. The summed E-state index contributed by atoms with van der Waals surface area (Å²) >= 11 is 0. The molecule has 2 saturated heterocycles. The van der Waals surface area contributed by atoms with Crippen LogP contribution >= 0.6 is 0 Å². The summed E-state index contributed by atoms with van der Waals surface area (Å²) in [6.07, 6.45) is 2.19. The molecule has 1 aromatic rings. The van der Waals surface area contributed by atoms with Gasteiger partial charge < -0.3 is 4.74 Å². The van der Waals surface area contributed by atoms with Crippen molar-refractivity contribution < 1.29 is 19.1 Å². The van der Waals surface area contributed by atoms with Crippen LogP contribution in [0.1, 0.15) is 12.0 Å². The Morgan fingerprint density at radius 2 is 1.96 bits per heavy atom. The zero-order valence-corrected chi connectivity index (χ0v) is 15.4. The molecular formula is C19H24N4O4. The van der Waals surface area contributed by atoms with Gasteiger partial charge in [-0.25, -0.2) is 9.69 Å². The molecule has 0 aromatic heterocycles. The van der Waals surface area contributed by atoms with Gasteiger partial charge in [-0.15, -0.1) is 0 Å². The predicted octanol–water partition coefficient (Wildman–Crippen LogP) is 0.987. The number of hydrogen-bond acceptors (Lipinski definition) is 6. The highest BCUT2D eigenvalue weighted by Crippen LogP contribution is 2.23. The number of para-hydroxylation sites is 1. The highest BCUT2D eigenvalue weighted by Gasteiger charge is 2.40. The van der Waals surface area contributed by atoms with Gasteiger partial charge in [0.2, 0.25) is 5.91 Å². The summed E-state index contributed by atoms with van der Waals surface area (Å²) < 4.78 is 5.31. The van der Waals surface area contributed by atoms with E-state index < -0.39 is 23.8 Å². The Bertz CT molecular complexity index is 743. The van der Waals surface area contributed by atoms with Crippen molar-refractivity contribution in [3.8, 4) is 0 Å². The largest absolute Gasteiger partial charge is 0.379 e. The van der Waals surface area contributed by atoms with Gasteiger partial charge in [-0.3, -0.25) is 24.8 Å². The normalized spacial score (nSPS) is 21.7. The first kappa shape index (κ1) is 19.2. The number of barbiturate groups is 1. The van der Waals surface area contributed by atoms with E-state index in [2.05, 4.69) is 15.2 Å². The summed E-state index contributed by atoms with van der Waals surface area (Å²) in [4.78, 5) is 44.6. The molecule has 1 atom stereocenters. The lowest BCUT2D eigenvalue weighted by Gasteiger charge is -2.29. The van der Waals surface area contributed by atoms with Gasteiger partial charge in [0, 0.05) is 32.4 Å². The lowest BCUT2D eigenvalue weighted by Crippen LogP contribution is -2.58. The van der Waals surface area contributed by atoms with Crippen molar-refractivity contribution >= 4 is 29.7 Å². The lowest BCUT2D eigenvalue weighted by molar-refractivity contribution is -0.131. The number of carbonyl (C=O) groups excluding carboxylic acids is 3. The molecule has 0 unspecified atom stereocenters. The third-order valence-corrected chi connectivity index (χ3v) is 4.68. The Kier molecular flexibility index (Phi) is 6.31. The highest BCUT2D eigenvalue weighted by atomic mass is 16.5. The molecule has 8 heteroatoms. The maximum absolute atomic E-state index is 12.7. The third-order valence-electron chi connectivity index (χ3n) is 4.68. The first-order valence-corrected chi connectivity index (χ1v) is 9.12. The van der Waals surface area contributed by atoms with Crippen molar-refractivity contribution in [1.82, 2.24) is 10.2 Å². The van der Waals surface area contributed by atoms with Crippen LogP contribution < -0.4 is 10.2 Å². The van der Waals surface area contributed by atoms with Gasteiger partial charge in [0.25, 0.3) is 5.91 Å². The summed E-state index contributed by atoms with van der Waals surface area (Å²) in [5.74, 6) is -2.30. The third kappa shape index (κ3) is 4.58. The quantitative estimate of drug-likeness (QED) is 0.457. The van der Waals surface area contributed by atoms with Crippen LogP contribution in [0.25, 0.3) is 0 Å². The minimum Gasteiger partial charge on any atom is -0.379 e. The summed E-state index contributed by atoms with van der Waals surface area (Å²) in [5.41, 5.74) is 1.25. The number of amides is 4. The van der Waals surface area contributed by atoms with E-state index in [4.69, 9.17) is 4.74 Å². The Labute approximate surface area is 158 Å². The van der Waals surface area contributed by atoms with Crippen LogP contribution in [0.3, 0.4) is 0 Å². The van der Waals surface area contributed by atoms with E-state index in [0.29, 0.717) is 12.2 Å². The van der Waals surface area contributed by atoms with Crippen LogP contribution in [0.2, 0.25) is 0 Å². The maximum atomic E-state index is 12.7. The number of rotatable bonds is 6. The van der Waals surface area contributed by atoms with Crippen molar-refractivity contribution in [3.63, 3.8) is 0 Å². The molecule has 8 nitrogen and oxygen atoms in total. The van der Waals surface area contributed by atoms with Crippen LogP contribution in [0.4, 0.5) is 10.5 Å². The van der Waals surface area contributed by atoms with Crippen LogP contribution in [-0.2, 0) is 14.3 Å². The fraction of sp³-hybridized carbons (Fsp3) is 0.474. The number of carbonyl (C=O) groups is 3. The molecule has 144 valence electrons.